The maximum absolute atomic E-state index is 4.54. The molecule has 0 atom stereocenters. The Morgan fingerprint density at radius 2 is 1.90 bits per heavy atom. The summed E-state index contributed by atoms with van der Waals surface area (Å²) in [5.41, 5.74) is 8.74. The number of hydrogen-bond acceptors (Lipinski definition) is 2. The van der Waals surface area contributed by atoms with Gasteiger partial charge < -0.3 is 0 Å². The molecule has 2 aromatic heterocycles. The van der Waals surface area contributed by atoms with Crippen LogP contribution in [-0.4, -0.2) is 15.2 Å². The monoisotopic (exact) mass is 261 g/mol. The van der Waals surface area contributed by atoms with Crippen molar-refractivity contribution in [1.29, 1.82) is 0 Å². The highest BCUT2D eigenvalue weighted by atomic mass is 15.1. The van der Waals surface area contributed by atoms with Crippen LogP contribution in [-0.2, 0) is 12.8 Å². The van der Waals surface area contributed by atoms with Crippen molar-refractivity contribution in [1.82, 2.24) is 15.2 Å². The van der Waals surface area contributed by atoms with Crippen molar-refractivity contribution in [3.8, 4) is 22.5 Å². The van der Waals surface area contributed by atoms with Gasteiger partial charge in [-0.25, -0.2) is 0 Å². The third-order valence-corrected chi connectivity index (χ3v) is 4.00. The molecule has 0 bridgehead atoms. The number of pyridine rings is 1. The quantitative estimate of drug-likeness (QED) is 0.728. The van der Waals surface area contributed by atoms with E-state index in [0.29, 0.717) is 0 Å². The van der Waals surface area contributed by atoms with E-state index in [9.17, 15) is 0 Å². The minimum Gasteiger partial charge on any atom is -0.277 e. The van der Waals surface area contributed by atoms with Crippen molar-refractivity contribution in [3.63, 3.8) is 0 Å². The average molecular weight is 261 g/mol. The van der Waals surface area contributed by atoms with E-state index in [0.717, 1.165) is 24.1 Å². The SMILES string of the molecule is Cc1ccc2c(c1)CCc1c(-c3ccncc3)n[nH]c1-2. The topological polar surface area (TPSA) is 41.6 Å². The summed E-state index contributed by atoms with van der Waals surface area (Å²) in [6, 6.07) is 10.7. The van der Waals surface area contributed by atoms with Gasteiger partial charge in [-0.2, -0.15) is 5.10 Å². The van der Waals surface area contributed by atoms with E-state index in [-0.39, 0.29) is 0 Å². The Labute approximate surface area is 117 Å². The predicted molar refractivity (Wildman–Crippen MR) is 79.4 cm³/mol. The number of rotatable bonds is 1. The van der Waals surface area contributed by atoms with Crippen molar-refractivity contribution in [2.75, 3.05) is 0 Å². The second-order valence-electron chi connectivity index (χ2n) is 5.32. The zero-order valence-electron chi connectivity index (χ0n) is 11.4. The lowest BCUT2D eigenvalue weighted by Gasteiger charge is -2.17. The molecule has 3 heteroatoms. The fourth-order valence-corrected chi connectivity index (χ4v) is 3.01. The first-order valence-electron chi connectivity index (χ1n) is 6.90. The summed E-state index contributed by atoms with van der Waals surface area (Å²) in [6.45, 7) is 2.14. The molecule has 3 nitrogen and oxygen atoms in total. The summed E-state index contributed by atoms with van der Waals surface area (Å²) in [6.07, 6.45) is 5.76. The van der Waals surface area contributed by atoms with Gasteiger partial charge >= 0.3 is 0 Å². The molecule has 3 aromatic rings. The van der Waals surface area contributed by atoms with Crippen LogP contribution in [0.3, 0.4) is 0 Å². The number of aromatic nitrogens is 3. The molecule has 0 aliphatic heterocycles. The van der Waals surface area contributed by atoms with Crippen LogP contribution in [0.2, 0.25) is 0 Å². The van der Waals surface area contributed by atoms with E-state index in [2.05, 4.69) is 40.3 Å². The fraction of sp³-hybridized carbons (Fsp3) is 0.176. The number of aromatic amines is 1. The first-order chi connectivity index (χ1) is 9.83. The second kappa shape index (κ2) is 4.30. The van der Waals surface area contributed by atoms with Crippen molar-refractivity contribution < 1.29 is 0 Å². The Bertz CT molecular complexity index is 772. The van der Waals surface area contributed by atoms with Gasteiger partial charge in [-0.05, 0) is 37.5 Å². The van der Waals surface area contributed by atoms with Gasteiger partial charge in [0.1, 0.15) is 0 Å². The number of nitrogens with zero attached hydrogens (tertiary/aromatic N) is 2. The maximum atomic E-state index is 4.54. The Morgan fingerprint density at radius 3 is 2.75 bits per heavy atom. The molecule has 0 spiro atoms. The number of fused-ring (bicyclic) bond motifs is 3. The summed E-state index contributed by atoms with van der Waals surface area (Å²) < 4.78 is 0. The lowest BCUT2D eigenvalue weighted by molar-refractivity contribution is 0.940. The van der Waals surface area contributed by atoms with Crippen molar-refractivity contribution in [3.05, 3.63) is 59.4 Å². The molecule has 1 aliphatic carbocycles. The fourth-order valence-electron chi connectivity index (χ4n) is 3.01. The lowest BCUT2D eigenvalue weighted by Crippen LogP contribution is -2.03. The van der Waals surface area contributed by atoms with Gasteiger partial charge in [-0.15, -0.1) is 0 Å². The van der Waals surface area contributed by atoms with Gasteiger partial charge in [0.25, 0.3) is 0 Å². The molecule has 0 saturated carbocycles. The third-order valence-electron chi connectivity index (χ3n) is 4.00. The van der Waals surface area contributed by atoms with Crippen LogP contribution in [0.15, 0.2) is 42.7 Å². The Morgan fingerprint density at radius 1 is 1.05 bits per heavy atom. The van der Waals surface area contributed by atoms with Gasteiger partial charge in [0.2, 0.25) is 0 Å². The number of aryl methyl sites for hydroxylation is 2. The Hall–Kier alpha value is -2.42. The van der Waals surface area contributed by atoms with E-state index >= 15 is 0 Å². The molecule has 1 aliphatic rings. The standard InChI is InChI=1S/C17H15N3/c1-11-2-4-14-13(10-11)3-5-15-16(19-20-17(14)15)12-6-8-18-9-7-12/h2,4,6-10H,3,5H2,1H3,(H,19,20). The Balaban J connectivity index is 1.89. The number of nitrogens with one attached hydrogen (secondary N) is 1. The van der Waals surface area contributed by atoms with E-state index < -0.39 is 0 Å². The van der Waals surface area contributed by atoms with Gasteiger partial charge in [0.05, 0.1) is 11.4 Å². The first kappa shape index (κ1) is 11.4. The van der Waals surface area contributed by atoms with Gasteiger partial charge in [-0.3, -0.25) is 10.1 Å². The largest absolute Gasteiger partial charge is 0.277 e. The zero-order chi connectivity index (χ0) is 13.5. The van der Waals surface area contributed by atoms with Crippen LogP contribution in [0.1, 0.15) is 16.7 Å². The molecule has 4 rings (SSSR count). The maximum Gasteiger partial charge on any atom is 0.0960 e. The highest BCUT2D eigenvalue weighted by Gasteiger charge is 2.22. The summed E-state index contributed by atoms with van der Waals surface area (Å²) in [4.78, 5) is 4.07. The molecule has 2 heterocycles. The molecule has 1 aromatic carbocycles. The molecule has 98 valence electrons. The predicted octanol–water partition coefficient (Wildman–Crippen LogP) is 3.55. The van der Waals surface area contributed by atoms with Crippen LogP contribution in [0, 0.1) is 6.92 Å². The summed E-state index contributed by atoms with van der Waals surface area (Å²) in [7, 11) is 0. The van der Waals surface area contributed by atoms with E-state index in [1.165, 1.54) is 27.9 Å². The summed E-state index contributed by atoms with van der Waals surface area (Å²) in [5.74, 6) is 0. The van der Waals surface area contributed by atoms with Crippen molar-refractivity contribution >= 4 is 0 Å². The number of benzene rings is 1. The van der Waals surface area contributed by atoms with Crippen LogP contribution < -0.4 is 0 Å². The van der Waals surface area contributed by atoms with Crippen molar-refractivity contribution in [2.45, 2.75) is 19.8 Å². The van der Waals surface area contributed by atoms with Gasteiger partial charge in [0.15, 0.2) is 0 Å². The minimum atomic E-state index is 1.04. The molecule has 1 N–H and O–H groups in total. The smallest absolute Gasteiger partial charge is 0.0960 e. The molecule has 0 unspecified atom stereocenters. The number of H-pyrrole nitrogens is 1. The summed E-state index contributed by atoms with van der Waals surface area (Å²) >= 11 is 0. The Kier molecular flexibility index (Phi) is 2.46. The average Bonchev–Trinajstić information content (AvgIpc) is 2.92. The highest BCUT2D eigenvalue weighted by molar-refractivity contribution is 5.77. The van der Waals surface area contributed by atoms with E-state index in [1.54, 1.807) is 0 Å². The minimum absolute atomic E-state index is 1.04. The molecule has 0 saturated heterocycles. The first-order valence-corrected chi connectivity index (χ1v) is 6.90. The van der Waals surface area contributed by atoms with Crippen LogP contribution in [0.4, 0.5) is 0 Å². The third kappa shape index (κ3) is 1.67. The molecule has 20 heavy (non-hydrogen) atoms. The molecule has 0 fully saturated rings. The van der Waals surface area contributed by atoms with E-state index in [4.69, 9.17) is 0 Å². The molecule has 0 radical (unpaired) electrons. The highest BCUT2D eigenvalue weighted by Crippen LogP contribution is 2.37. The van der Waals surface area contributed by atoms with Crippen LogP contribution in [0.5, 0.6) is 0 Å². The number of hydrogen-bond donors (Lipinski definition) is 1. The molecular formula is C17H15N3. The second-order valence-corrected chi connectivity index (χ2v) is 5.32. The summed E-state index contributed by atoms with van der Waals surface area (Å²) in [5, 5.41) is 7.77. The molecule has 0 amide bonds. The van der Waals surface area contributed by atoms with E-state index in [1.807, 2.05) is 24.5 Å². The van der Waals surface area contributed by atoms with Gasteiger partial charge in [-0.1, -0.05) is 23.8 Å². The van der Waals surface area contributed by atoms with Gasteiger partial charge in [0, 0.05) is 29.1 Å². The van der Waals surface area contributed by atoms with Crippen LogP contribution >= 0.6 is 0 Å². The van der Waals surface area contributed by atoms with Crippen LogP contribution in [0.25, 0.3) is 22.5 Å². The normalized spacial score (nSPS) is 12.8. The lowest BCUT2D eigenvalue weighted by atomic mass is 9.87. The molecular weight excluding hydrogens is 246 g/mol. The zero-order valence-corrected chi connectivity index (χ0v) is 11.4. The van der Waals surface area contributed by atoms with Crippen molar-refractivity contribution in [2.24, 2.45) is 0 Å².